The van der Waals surface area contributed by atoms with E-state index in [0.29, 0.717) is 22.2 Å². The molecule has 7 heteroatoms. The number of hydrogen-bond acceptors (Lipinski definition) is 4. The monoisotopic (exact) mass is 336 g/mol. The number of rotatable bonds is 3. The second kappa shape index (κ2) is 5.86. The lowest BCUT2D eigenvalue weighted by atomic mass is 10.0. The van der Waals surface area contributed by atoms with Gasteiger partial charge in [0, 0.05) is 46.9 Å². The zero-order valence-corrected chi connectivity index (χ0v) is 12.7. The lowest BCUT2D eigenvalue weighted by Crippen LogP contribution is -2.07. The van der Waals surface area contributed by atoms with Gasteiger partial charge in [0.05, 0.1) is 5.56 Å². The Kier molecular flexibility index (Phi) is 3.53. The van der Waals surface area contributed by atoms with E-state index in [2.05, 4.69) is 19.9 Å². The molecule has 0 aliphatic carbocycles. The minimum absolute atomic E-state index is 0.144. The van der Waals surface area contributed by atoms with Gasteiger partial charge in [-0.3, -0.25) is 4.79 Å². The number of H-pyrrole nitrogens is 1. The molecule has 4 aromatic rings. The van der Waals surface area contributed by atoms with Crippen LogP contribution < -0.4 is 0 Å². The van der Waals surface area contributed by atoms with Crippen molar-refractivity contribution in [2.45, 2.75) is 0 Å². The molecule has 0 atom stereocenters. The number of ketones is 1. The van der Waals surface area contributed by atoms with Crippen LogP contribution >= 0.6 is 0 Å². The van der Waals surface area contributed by atoms with Crippen molar-refractivity contribution in [1.29, 1.82) is 0 Å². The van der Waals surface area contributed by atoms with Crippen molar-refractivity contribution in [3.8, 4) is 11.1 Å². The standard InChI is InChI=1S/C18H10F2N4O/c19-14-2-1-3-15(20)16(14)17(25)13-8-24-18-12(13)4-10(7-23-18)11-5-21-9-22-6-11/h1-9H,(H,23,24). The number of aromatic amines is 1. The van der Waals surface area contributed by atoms with Crippen LogP contribution in [0.5, 0.6) is 0 Å². The van der Waals surface area contributed by atoms with Crippen molar-refractivity contribution in [1.82, 2.24) is 19.9 Å². The highest BCUT2D eigenvalue weighted by molar-refractivity contribution is 6.16. The Hall–Kier alpha value is -3.48. The van der Waals surface area contributed by atoms with Crippen molar-refractivity contribution in [3.63, 3.8) is 0 Å². The Morgan fingerprint density at radius 3 is 2.44 bits per heavy atom. The Balaban J connectivity index is 1.87. The summed E-state index contributed by atoms with van der Waals surface area (Å²) in [6.07, 6.45) is 7.63. The summed E-state index contributed by atoms with van der Waals surface area (Å²) in [4.78, 5) is 27.6. The van der Waals surface area contributed by atoms with Crippen molar-refractivity contribution >= 4 is 16.8 Å². The summed E-state index contributed by atoms with van der Waals surface area (Å²) >= 11 is 0. The van der Waals surface area contributed by atoms with Gasteiger partial charge in [-0.25, -0.2) is 23.7 Å². The third-order valence-corrected chi connectivity index (χ3v) is 3.86. The largest absolute Gasteiger partial charge is 0.345 e. The van der Waals surface area contributed by atoms with Crippen LogP contribution in [-0.4, -0.2) is 25.7 Å². The molecule has 0 saturated carbocycles. The van der Waals surface area contributed by atoms with Crippen molar-refractivity contribution < 1.29 is 13.6 Å². The van der Waals surface area contributed by atoms with Gasteiger partial charge in [-0.15, -0.1) is 0 Å². The van der Waals surface area contributed by atoms with Gasteiger partial charge in [0.25, 0.3) is 0 Å². The molecule has 5 nitrogen and oxygen atoms in total. The molecule has 1 N–H and O–H groups in total. The second-order valence-corrected chi connectivity index (χ2v) is 5.38. The lowest BCUT2D eigenvalue weighted by Gasteiger charge is -2.04. The minimum Gasteiger partial charge on any atom is -0.345 e. The molecular formula is C18H10F2N4O. The molecule has 0 aliphatic rings. The Morgan fingerprint density at radius 2 is 1.72 bits per heavy atom. The molecule has 122 valence electrons. The molecule has 0 saturated heterocycles. The molecular weight excluding hydrogens is 326 g/mol. The van der Waals surface area contributed by atoms with Crippen LogP contribution in [0.25, 0.3) is 22.2 Å². The van der Waals surface area contributed by atoms with Gasteiger partial charge in [0.15, 0.2) is 0 Å². The van der Waals surface area contributed by atoms with Crippen molar-refractivity contribution in [2.75, 3.05) is 0 Å². The number of benzene rings is 1. The van der Waals surface area contributed by atoms with Gasteiger partial charge in [0.1, 0.15) is 23.6 Å². The van der Waals surface area contributed by atoms with E-state index in [9.17, 15) is 13.6 Å². The number of aromatic nitrogens is 4. The van der Waals surface area contributed by atoms with Gasteiger partial charge < -0.3 is 4.98 Å². The molecule has 1 aromatic carbocycles. The molecule has 0 fully saturated rings. The fraction of sp³-hybridized carbons (Fsp3) is 0. The van der Waals surface area contributed by atoms with Gasteiger partial charge in [-0.2, -0.15) is 0 Å². The molecule has 0 amide bonds. The predicted octanol–water partition coefficient (Wildman–Crippen LogP) is 3.53. The molecule has 3 aromatic heterocycles. The normalized spacial score (nSPS) is 11.0. The van der Waals surface area contributed by atoms with E-state index in [1.807, 2.05) is 0 Å². The first-order chi connectivity index (χ1) is 12.1. The van der Waals surface area contributed by atoms with E-state index in [1.54, 1.807) is 24.7 Å². The fourth-order valence-corrected chi connectivity index (χ4v) is 2.65. The highest BCUT2D eigenvalue weighted by Crippen LogP contribution is 2.26. The molecule has 4 rings (SSSR count). The maximum atomic E-state index is 13.9. The van der Waals surface area contributed by atoms with Gasteiger partial charge in [-0.05, 0) is 18.2 Å². The minimum atomic E-state index is -0.903. The maximum absolute atomic E-state index is 13.9. The number of hydrogen-bond donors (Lipinski definition) is 1. The Labute approximate surface area is 140 Å². The zero-order chi connectivity index (χ0) is 17.4. The van der Waals surface area contributed by atoms with Crippen molar-refractivity contribution in [2.24, 2.45) is 0 Å². The fourth-order valence-electron chi connectivity index (χ4n) is 2.65. The molecule has 0 bridgehead atoms. The summed E-state index contributed by atoms with van der Waals surface area (Å²) < 4.78 is 27.9. The van der Waals surface area contributed by atoms with E-state index in [4.69, 9.17) is 0 Å². The van der Waals surface area contributed by atoms with Crippen LogP contribution in [0.3, 0.4) is 0 Å². The summed E-state index contributed by atoms with van der Waals surface area (Å²) in [6.45, 7) is 0. The average Bonchev–Trinajstić information content (AvgIpc) is 3.05. The first-order valence-corrected chi connectivity index (χ1v) is 7.36. The van der Waals surface area contributed by atoms with Crippen LogP contribution in [-0.2, 0) is 0 Å². The van der Waals surface area contributed by atoms with Crippen LogP contribution in [0.15, 0.2) is 55.4 Å². The maximum Gasteiger partial charge on any atom is 0.201 e. The topological polar surface area (TPSA) is 71.5 Å². The molecule has 3 heterocycles. The first-order valence-electron chi connectivity index (χ1n) is 7.36. The molecule has 0 spiro atoms. The van der Waals surface area contributed by atoms with Crippen LogP contribution in [0, 0.1) is 11.6 Å². The number of fused-ring (bicyclic) bond motifs is 1. The number of halogens is 2. The van der Waals surface area contributed by atoms with E-state index in [1.165, 1.54) is 18.6 Å². The summed E-state index contributed by atoms with van der Waals surface area (Å²) in [7, 11) is 0. The van der Waals surface area contributed by atoms with E-state index < -0.39 is 23.0 Å². The van der Waals surface area contributed by atoms with E-state index in [-0.39, 0.29) is 5.56 Å². The zero-order valence-electron chi connectivity index (χ0n) is 12.7. The quantitative estimate of drug-likeness (QED) is 0.581. The summed E-state index contributed by atoms with van der Waals surface area (Å²) in [5.41, 5.74) is 1.41. The van der Waals surface area contributed by atoms with Crippen LogP contribution in [0.2, 0.25) is 0 Å². The molecule has 25 heavy (non-hydrogen) atoms. The Bertz CT molecular complexity index is 1070. The molecule has 0 radical (unpaired) electrons. The highest BCUT2D eigenvalue weighted by atomic mass is 19.1. The van der Waals surface area contributed by atoms with E-state index >= 15 is 0 Å². The van der Waals surface area contributed by atoms with Gasteiger partial charge in [0.2, 0.25) is 5.78 Å². The summed E-state index contributed by atoms with van der Waals surface area (Å²) in [5.74, 6) is -2.55. The van der Waals surface area contributed by atoms with Crippen LogP contribution in [0.4, 0.5) is 8.78 Å². The number of nitrogens with one attached hydrogen (secondary N) is 1. The average molecular weight is 336 g/mol. The Morgan fingerprint density at radius 1 is 1.00 bits per heavy atom. The molecule has 0 unspecified atom stereocenters. The van der Waals surface area contributed by atoms with Crippen LogP contribution in [0.1, 0.15) is 15.9 Å². The summed E-state index contributed by atoms with van der Waals surface area (Å²) in [5, 5.41) is 0.467. The number of pyridine rings is 1. The first kappa shape index (κ1) is 15.1. The van der Waals surface area contributed by atoms with Crippen molar-refractivity contribution in [3.05, 3.63) is 78.1 Å². The van der Waals surface area contributed by atoms with E-state index in [0.717, 1.165) is 12.1 Å². The molecule has 0 aliphatic heterocycles. The third kappa shape index (κ3) is 2.55. The number of nitrogens with zero attached hydrogens (tertiary/aromatic N) is 3. The summed E-state index contributed by atoms with van der Waals surface area (Å²) in [6, 6.07) is 5.03. The highest BCUT2D eigenvalue weighted by Gasteiger charge is 2.22. The number of carbonyl (C=O) groups excluding carboxylic acids is 1. The SMILES string of the molecule is O=C(c1c(F)cccc1F)c1c[nH]c2ncc(-c3cncnc3)cc12. The van der Waals surface area contributed by atoms with Gasteiger partial charge in [-0.1, -0.05) is 6.07 Å². The number of carbonyl (C=O) groups is 1. The predicted molar refractivity (Wildman–Crippen MR) is 86.9 cm³/mol. The van der Waals surface area contributed by atoms with Gasteiger partial charge >= 0.3 is 0 Å². The second-order valence-electron chi connectivity index (χ2n) is 5.38. The third-order valence-electron chi connectivity index (χ3n) is 3.86. The smallest absolute Gasteiger partial charge is 0.201 e. The lowest BCUT2D eigenvalue weighted by molar-refractivity contribution is 0.103.